The lowest BCUT2D eigenvalue weighted by Crippen LogP contribution is -2.29. The maximum absolute atomic E-state index is 11.1. The molecule has 0 saturated carbocycles. The summed E-state index contributed by atoms with van der Waals surface area (Å²) in [5, 5.41) is 12.4. The van der Waals surface area contributed by atoms with Crippen LogP contribution in [0.4, 0.5) is 11.4 Å². The van der Waals surface area contributed by atoms with Crippen molar-refractivity contribution in [3.05, 3.63) is 23.3 Å². The van der Waals surface area contributed by atoms with Crippen LogP contribution in [0.1, 0.15) is 36.2 Å². The summed E-state index contributed by atoms with van der Waals surface area (Å²) >= 11 is 0. The van der Waals surface area contributed by atoms with Gasteiger partial charge in [0.1, 0.15) is 0 Å². The van der Waals surface area contributed by atoms with Crippen molar-refractivity contribution >= 4 is 17.3 Å². The lowest BCUT2D eigenvalue weighted by atomic mass is 10.1. The summed E-state index contributed by atoms with van der Waals surface area (Å²) in [5.74, 6) is -0.990. The number of rotatable bonds is 8. The third-order valence-corrected chi connectivity index (χ3v) is 3.36. The van der Waals surface area contributed by atoms with Crippen molar-refractivity contribution in [1.29, 1.82) is 0 Å². The normalized spacial score (nSPS) is 10.8. The Hall–Kier alpha value is -1.75. The number of nitrogens with one attached hydrogen (secondary N) is 1. The number of likely N-dealkylation sites (N-methyl/N-ethyl adjacent to an activating group) is 1. The maximum Gasteiger partial charge on any atom is 0.337 e. The van der Waals surface area contributed by atoms with Crippen molar-refractivity contribution in [3.8, 4) is 0 Å². The third kappa shape index (κ3) is 4.42. The zero-order valence-corrected chi connectivity index (χ0v) is 12.6. The van der Waals surface area contributed by atoms with Crippen LogP contribution in [0.15, 0.2) is 12.1 Å². The number of hydrogen-bond acceptors (Lipinski definition) is 4. The highest BCUT2D eigenvalue weighted by atomic mass is 16.4. The van der Waals surface area contributed by atoms with Crippen molar-refractivity contribution in [2.75, 3.05) is 37.2 Å². The fourth-order valence-electron chi connectivity index (χ4n) is 2.18. The van der Waals surface area contributed by atoms with E-state index in [-0.39, 0.29) is 5.56 Å². The van der Waals surface area contributed by atoms with Crippen LogP contribution < -0.4 is 11.1 Å². The Morgan fingerprint density at radius 1 is 1.35 bits per heavy atom. The van der Waals surface area contributed by atoms with Gasteiger partial charge in [-0.15, -0.1) is 0 Å². The van der Waals surface area contributed by atoms with E-state index in [1.54, 1.807) is 6.07 Å². The number of nitrogens with two attached hydrogens (primary N) is 1. The van der Waals surface area contributed by atoms with E-state index in [0.717, 1.165) is 43.9 Å². The molecular weight excluding hydrogens is 254 g/mol. The van der Waals surface area contributed by atoms with Gasteiger partial charge in [0.25, 0.3) is 0 Å². The lowest BCUT2D eigenvalue weighted by molar-refractivity contribution is 0.0698. The minimum atomic E-state index is -0.990. The molecule has 5 heteroatoms. The van der Waals surface area contributed by atoms with Crippen LogP contribution in [0.5, 0.6) is 0 Å². The highest BCUT2D eigenvalue weighted by molar-refractivity contribution is 5.95. The van der Waals surface area contributed by atoms with Gasteiger partial charge in [-0.25, -0.2) is 4.79 Å². The van der Waals surface area contributed by atoms with Crippen LogP contribution in [0.3, 0.4) is 0 Å². The van der Waals surface area contributed by atoms with Crippen LogP contribution in [0.2, 0.25) is 0 Å². The van der Waals surface area contributed by atoms with Crippen molar-refractivity contribution in [3.63, 3.8) is 0 Å². The first kappa shape index (κ1) is 16.3. The second-order valence-corrected chi connectivity index (χ2v) is 4.92. The lowest BCUT2D eigenvalue weighted by Gasteiger charge is -2.20. The highest BCUT2D eigenvalue weighted by Gasteiger charge is 2.11. The summed E-state index contributed by atoms with van der Waals surface area (Å²) < 4.78 is 0. The van der Waals surface area contributed by atoms with E-state index < -0.39 is 5.97 Å². The van der Waals surface area contributed by atoms with Gasteiger partial charge in [-0.2, -0.15) is 0 Å². The van der Waals surface area contributed by atoms with Crippen molar-refractivity contribution in [1.82, 2.24) is 4.90 Å². The van der Waals surface area contributed by atoms with Crippen LogP contribution >= 0.6 is 0 Å². The molecule has 20 heavy (non-hydrogen) atoms. The van der Waals surface area contributed by atoms with Gasteiger partial charge >= 0.3 is 5.97 Å². The van der Waals surface area contributed by atoms with Gasteiger partial charge in [0.15, 0.2) is 0 Å². The van der Waals surface area contributed by atoms with Crippen molar-refractivity contribution in [2.24, 2.45) is 0 Å². The molecule has 0 radical (unpaired) electrons. The minimum absolute atomic E-state index is 0.161. The Labute approximate surface area is 120 Å². The fraction of sp³-hybridized carbons (Fsp3) is 0.533. The number of aryl methyl sites for hydroxylation is 1. The average molecular weight is 279 g/mol. The monoisotopic (exact) mass is 279 g/mol. The Kier molecular flexibility index (Phi) is 6.31. The molecule has 1 rings (SSSR count). The van der Waals surface area contributed by atoms with E-state index in [2.05, 4.69) is 24.1 Å². The molecule has 1 aromatic carbocycles. The molecule has 112 valence electrons. The number of carboxylic acids is 1. The molecule has 0 heterocycles. The molecule has 0 bridgehead atoms. The van der Waals surface area contributed by atoms with Gasteiger partial charge in [-0.3, -0.25) is 0 Å². The summed E-state index contributed by atoms with van der Waals surface area (Å²) in [7, 11) is 0. The van der Waals surface area contributed by atoms with Gasteiger partial charge in [0.2, 0.25) is 0 Å². The SMILES string of the molecule is CCCN(CC)CCNc1cc(C)c(N)c(C(=O)O)c1. The van der Waals surface area contributed by atoms with Crippen LogP contribution in [0, 0.1) is 6.92 Å². The number of anilines is 2. The first-order valence-corrected chi connectivity index (χ1v) is 7.09. The van der Waals surface area contributed by atoms with Crippen LogP contribution in [0.25, 0.3) is 0 Å². The Morgan fingerprint density at radius 2 is 2.05 bits per heavy atom. The molecule has 0 amide bonds. The average Bonchev–Trinajstić information content (AvgIpc) is 2.41. The summed E-state index contributed by atoms with van der Waals surface area (Å²) in [6.45, 7) is 9.97. The van der Waals surface area contributed by atoms with Crippen LogP contribution in [-0.4, -0.2) is 42.2 Å². The number of hydrogen-bond donors (Lipinski definition) is 3. The molecule has 0 unspecified atom stereocenters. The minimum Gasteiger partial charge on any atom is -0.478 e. The number of benzene rings is 1. The first-order chi connectivity index (χ1) is 9.49. The molecule has 1 aromatic rings. The summed E-state index contributed by atoms with van der Waals surface area (Å²) in [6.07, 6.45) is 1.14. The van der Waals surface area contributed by atoms with E-state index in [0.29, 0.717) is 5.69 Å². The molecule has 0 fully saturated rings. The molecule has 4 N–H and O–H groups in total. The molecule has 0 atom stereocenters. The molecule has 5 nitrogen and oxygen atoms in total. The smallest absolute Gasteiger partial charge is 0.337 e. The Balaban J connectivity index is 2.67. The topological polar surface area (TPSA) is 78.6 Å². The van der Waals surface area contributed by atoms with Gasteiger partial charge < -0.3 is 21.1 Å². The standard InChI is InChI=1S/C15H25N3O2/c1-4-7-18(5-2)8-6-17-12-9-11(3)14(16)13(10-12)15(19)20/h9-10,17H,4-8,16H2,1-3H3,(H,19,20). The second-order valence-electron chi connectivity index (χ2n) is 4.92. The summed E-state index contributed by atoms with van der Waals surface area (Å²) in [6, 6.07) is 3.48. The summed E-state index contributed by atoms with van der Waals surface area (Å²) in [4.78, 5) is 13.5. The number of carboxylic acid groups (broad SMARTS) is 1. The number of nitrogen functional groups attached to an aromatic ring is 1. The van der Waals surface area contributed by atoms with E-state index in [9.17, 15) is 4.79 Å². The van der Waals surface area contributed by atoms with Gasteiger partial charge in [0, 0.05) is 24.5 Å². The maximum atomic E-state index is 11.1. The zero-order chi connectivity index (χ0) is 15.1. The predicted molar refractivity (Wildman–Crippen MR) is 83.4 cm³/mol. The zero-order valence-electron chi connectivity index (χ0n) is 12.6. The van der Waals surface area contributed by atoms with Gasteiger partial charge in [-0.05, 0) is 44.1 Å². The van der Waals surface area contributed by atoms with Crippen molar-refractivity contribution in [2.45, 2.75) is 27.2 Å². The number of aromatic carboxylic acids is 1. The second kappa shape index (κ2) is 7.75. The molecule has 0 saturated heterocycles. The quantitative estimate of drug-likeness (QED) is 0.637. The largest absolute Gasteiger partial charge is 0.478 e. The Morgan fingerprint density at radius 3 is 2.60 bits per heavy atom. The molecular formula is C15H25N3O2. The van der Waals surface area contributed by atoms with E-state index >= 15 is 0 Å². The van der Waals surface area contributed by atoms with Gasteiger partial charge in [0.05, 0.1) is 5.56 Å². The van der Waals surface area contributed by atoms with E-state index in [1.165, 1.54) is 0 Å². The molecule has 0 aliphatic heterocycles. The number of nitrogens with zero attached hydrogens (tertiary/aromatic N) is 1. The molecule has 0 aliphatic carbocycles. The first-order valence-electron chi connectivity index (χ1n) is 7.09. The Bertz CT molecular complexity index is 461. The predicted octanol–water partition coefficient (Wildman–Crippen LogP) is 2.42. The van der Waals surface area contributed by atoms with Crippen molar-refractivity contribution < 1.29 is 9.90 Å². The fourth-order valence-corrected chi connectivity index (χ4v) is 2.18. The molecule has 0 aromatic heterocycles. The summed E-state index contributed by atoms with van der Waals surface area (Å²) in [5.41, 5.74) is 7.86. The third-order valence-electron chi connectivity index (χ3n) is 3.36. The molecule has 0 aliphatic rings. The van der Waals surface area contributed by atoms with Crippen LogP contribution in [-0.2, 0) is 0 Å². The number of carbonyl (C=O) groups is 1. The van der Waals surface area contributed by atoms with Gasteiger partial charge in [-0.1, -0.05) is 13.8 Å². The highest BCUT2D eigenvalue weighted by Crippen LogP contribution is 2.22. The van der Waals surface area contributed by atoms with E-state index in [4.69, 9.17) is 10.8 Å². The van der Waals surface area contributed by atoms with E-state index in [1.807, 2.05) is 13.0 Å². The molecule has 0 spiro atoms.